The Bertz CT molecular complexity index is 3390. The van der Waals surface area contributed by atoms with Crippen molar-refractivity contribution in [2.75, 3.05) is 0 Å². The van der Waals surface area contributed by atoms with E-state index in [1.807, 2.05) is 0 Å². The molecule has 0 saturated carbocycles. The molecule has 0 radical (unpaired) electrons. The zero-order chi connectivity index (χ0) is 45.2. The number of aryl methyl sites for hydroxylation is 4. The molecule has 0 spiro atoms. The number of rotatable bonds is 5. The third-order valence-electron chi connectivity index (χ3n) is 15.5. The Labute approximate surface area is 390 Å². The molecule has 318 valence electrons. The minimum atomic E-state index is -0.143. The molecule has 2 aliphatic carbocycles. The lowest BCUT2D eigenvalue weighted by molar-refractivity contribution is 0.660. The van der Waals surface area contributed by atoms with Gasteiger partial charge in [-0.05, 0) is 208 Å². The fourth-order valence-corrected chi connectivity index (χ4v) is 12.1. The molecule has 0 N–H and O–H groups in total. The van der Waals surface area contributed by atoms with E-state index in [1.54, 1.807) is 0 Å². The van der Waals surface area contributed by atoms with Crippen LogP contribution in [0.1, 0.15) is 72.2 Å². The minimum Gasteiger partial charge on any atom is -0.0616 e. The standard InChI is InChI=1S/C66H54/c1-39-29-53(47-19-17-43-13-9-11-15-45(43)33-47)30-40(2)63(39)51-23-27-57-55-25-21-49(35-59(55)65(5,6)61(57)37-51)50-22-26-56-58-28-24-52(38-62(58)66(7,8)60(56)36-50)64-41(3)31-54(32-42(64)4)48-20-18-44-14-10-12-16-46(44)34-48/h9-38H,1-8H3. The van der Waals surface area contributed by atoms with Gasteiger partial charge in [-0.2, -0.15) is 0 Å². The Morgan fingerprint density at radius 1 is 0.242 bits per heavy atom. The van der Waals surface area contributed by atoms with Gasteiger partial charge in [0.15, 0.2) is 0 Å². The summed E-state index contributed by atoms with van der Waals surface area (Å²) in [4.78, 5) is 0. The molecule has 0 amide bonds. The van der Waals surface area contributed by atoms with Gasteiger partial charge in [0.2, 0.25) is 0 Å². The van der Waals surface area contributed by atoms with Crippen LogP contribution in [0.25, 0.3) is 99.4 Å². The van der Waals surface area contributed by atoms with Crippen molar-refractivity contribution in [2.24, 2.45) is 0 Å². The average Bonchev–Trinajstić information content (AvgIpc) is 3.68. The first-order valence-electron chi connectivity index (χ1n) is 23.6. The van der Waals surface area contributed by atoms with Gasteiger partial charge < -0.3 is 0 Å². The third kappa shape index (κ3) is 6.19. The first kappa shape index (κ1) is 40.2. The fourth-order valence-electron chi connectivity index (χ4n) is 12.1. The zero-order valence-corrected chi connectivity index (χ0v) is 39.3. The Balaban J connectivity index is 0.840. The second-order valence-corrected chi connectivity index (χ2v) is 20.4. The van der Waals surface area contributed by atoms with Crippen LogP contribution in [0.2, 0.25) is 0 Å². The Kier molecular flexibility index (Phi) is 8.91. The maximum Gasteiger partial charge on any atom is 0.0159 e. The highest BCUT2D eigenvalue weighted by molar-refractivity contribution is 5.92. The average molecular weight is 847 g/mol. The molecule has 0 bridgehead atoms. The van der Waals surface area contributed by atoms with Gasteiger partial charge in [-0.15, -0.1) is 0 Å². The van der Waals surface area contributed by atoms with E-state index in [-0.39, 0.29) is 10.8 Å². The fraction of sp³-hybridized carbons (Fsp3) is 0.152. The number of fused-ring (bicyclic) bond motifs is 8. The maximum atomic E-state index is 2.48. The van der Waals surface area contributed by atoms with Crippen LogP contribution in [0, 0.1) is 27.7 Å². The molecule has 2 aliphatic rings. The van der Waals surface area contributed by atoms with Crippen molar-refractivity contribution < 1.29 is 0 Å². The van der Waals surface area contributed by atoms with E-state index in [0.29, 0.717) is 0 Å². The molecule has 0 nitrogen and oxygen atoms in total. The molecule has 66 heavy (non-hydrogen) atoms. The van der Waals surface area contributed by atoms with Crippen LogP contribution in [0.3, 0.4) is 0 Å². The summed E-state index contributed by atoms with van der Waals surface area (Å²) in [5.41, 5.74) is 28.8. The lowest BCUT2D eigenvalue weighted by Gasteiger charge is -2.24. The lowest BCUT2D eigenvalue weighted by atomic mass is 9.79. The van der Waals surface area contributed by atoms with Crippen molar-refractivity contribution in [3.63, 3.8) is 0 Å². The quantitative estimate of drug-likeness (QED) is 0.162. The van der Waals surface area contributed by atoms with E-state index in [1.165, 1.54) is 144 Å². The summed E-state index contributed by atoms with van der Waals surface area (Å²) >= 11 is 0. The normalized spacial score (nSPS) is 14.0. The minimum absolute atomic E-state index is 0.143. The number of hydrogen-bond donors (Lipinski definition) is 0. The molecule has 12 rings (SSSR count). The van der Waals surface area contributed by atoms with Gasteiger partial charge in [-0.3, -0.25) is 0 Å². The van der Waals surface area contributed by atoms with Crippen molar-refractivity contribution in [2.45, 2.75) is 66.2 Å². The molecule has 0 heteroatoms. The summed E-state index contributed by atoms with van der Waals surface area (Å²) in [5.74, 6) is 0. The van der Waals surface area contributed by atoms with Crippen LogP contribution in [0.15, 0.2) is 182 Å². The van der Waals surface area contributed by atoms with Crippen molar-refractivity contribution in [3.05, 3.63) is 226 Å². The number of benzene rings is 10. The molecule has 0 unspecified atom stereocenters. The summed E-state index contributed by atoms with van der Waals surface area (Å²) in [6.45, 7) is 18.7. The molecule has 0 saturated heterocycles. The molecular weight excluding hydrogens is 793 g/mol. The Morgan fingerprint density at radius 2 is 0.515 bits per heavy atom. The van der Waals surface area contributed by atoms with E-state index >= 15 is 0 Å². The number of hydrogen-bond acceptors (Lipinski definition) is 0. The summed E-state index contributed by atoms with van der Waals surface area (Å²) < 4.78 is 0. The van der Waals surface area contributed by atoms with Crippen molar-refractivity contribution in [3.8, 4) is 77.9 Å². The molecule has 0 heterocycles. The molecule has 0 aromatic heterocycles. The summed E-state index contributed by atoms with van der Waals surface area (Å²) in [5, 5.41) is 5.11. The van der Waals surface area contributed by atoms with Crippen LogP contribution in [-0.4, -0.2) is 0 Å². The third-order valence-corrected chi connectivity index (χ3v) is 15.5. The van der Waals surface area contributed by atoms with Crippen molar-refractivity contribution in [1.82, 2.24) is 0 Å². The van der Waals surface area contributed by atoms with Gasteiger partial charge in [-0.1, -0.05) is 173 Å². The monoisotopic (exact) mass is 846 g/mol. The SMILES string of the molecule is Cc1cc(-c2ccc3ccccc3c2)cc(C)c1-c1ccc2c(c1)C(C)(C)c1cc(-c3ccc4c(c3)C(C)(C)c3cc(-c5c(C)cc(-c6ccc7ccccc7c6)cc5C)ccc3-4)ccc1-2. The first-order valence-corrected chi connectivity index (χ1v) is 23.6. The van der Waals surface area contributed by atoms with Gasteiger partial charge in [-0.25, -0.2) is 0 Å². The van der Waals surface area contributed by atoms with Crippen LogP contribution in [-0.2, 0) is 10.8 Å². The second kappa shape index (κ2) is 14.6. The van der Waals surface area contributed by atoms with Crippen molar-refractivity contribution in [1.29, 1.82) is 0 Å². The molecule has 0 aliphatic heterocycles. The largest absolute Gasteiger partial charge is 0.0616 e. The van der Waals surface area contributed by atoms with Gasteiger partial charge in [0.1, 0.15) is 0 Å². The maximum absolute atomic E-state index is 2.48. The van der Waals surface area contributed by atoms with Crippen LogP contribution in [0.5, 0.6) is 0 Å². The first-order chi connectivity index (χ1) is 31.8. The summed E-state index contributed by atoms with van der Waals surface area (Å²) in [7, 11) is 0. The van der Waals surface area contributed by atoms with E-state index in [2.05, 4.69) is 237 Å². The van der Waals surface area contributed by atoms with E-state index in [9.17, 15) is 0 Å². The van der Waals surface area contributed by atoms with Gasteiger partial charge in [0.05, 0.1) is 0 Å². The predicted octanol–water partition coefficient (Wildman–Crippen LogP) is 18.2. The van der Waals surface area contributed by atoms with Crippen LogP contribution >= 0.6 is 0 Å². The topological polar surface area (TPSA) is 0 Å². The lowest BCUT2D eigenvalue weighted by Crippen LogP contribution is -2.15. The van der Waals surface area contributed by atoms with Crippen LogP contribution in [0.4, 0.5) is 0 Å². The highest BCUT2D eigenvalue weighted by Crippen LogP contribution is 2.54. The smallest absolute Gasteiger partial charge is 0.0159 e. The van der Waals surface area contributed by atoms with Crippen molar-refractivity contribution >= 4 is 21.5 Å². The van der Waals surface area contributed by atoms with Gasteiger partial charge in [0.25, 0.3) is 0 Å². The highest BCUT2D eigenvalue weighted by Gasteiger charge is 2.38. The molecule has 0 fully saturated rings. The highest BCUT2D eigenvalue weighted by atomic mass is 14.4. The molecule has 10 aromatic carbocycles. The zero-order valence-electron chi connectivity index (χ0n) is 39.3. The van der Waals surface area contributed by atoms with Crippen LogP contribution < -0.4 is 0 Å². The summed E-state index contributed by atoms with van der Waals surface area (Å²) in [6.07, 6.45) is 0. The Morgan fingerprint density at radius 3 is 0.864 bits per heavy atom. The molecular formula is C66H54. The van der Waals surface area contributed by atoms with Gasteiger partial charge in [0, 0.05) is 10.8 Å². The predicted molar refractivity (Wildman–Crippen MR) is 283 cm³/mol. The Hall–Kier alpha value is -7.28. The second-order valence-electron chi connectivity index (χ2n) is 20.4. The van der Waals surface area contributed by atoms with E-state index in [4.69, 9.17) is 0 Å². The molecule has 0 atom stereocenters. The summed E-state index contributed by atoms with van der Waals surface area (Å²) in [6, 6.07) is 69.2. The van der Waals surface area contributed by atoms with E-state index in [0.717, 1.165) is 0 Å². The van der Waals surface area contributed by atoms with Gasteiger partial charge >= 0.3 is 0 Å². The molecule has 10 aromatic rings. The van der Waals surface area contributed by atoms with E-state index < -0.39 is 0 Å².